The van der Waals surface area contributed by atoms with E-state index in [0.29, 0.717) is 11.7 Å². The molecule has 1 aromatic heterocycles. The fraction of sp³-hybridized carbons (Fsp3) is 0.357. The molecule has 102 valence electrons. The van der Waals surface area contributed by atoms with Gasteiger partial charge in [-0.05, 0) is 44.0 Å². The van der Waals surface area contributed by atoms with Crippen LogP contribution in [0.15, 0.2) is 16.6 Å². The quantitative estimate of drug-likeness (QED) is 0.897. The molecule has 0 radical (unpaired) electrons. The number of nitrogens with zero attached hydrogens (tertiary/aromatic N) is 2. The zero-order valence-corrected chi connectivity index (χ0v) is 13.9. The van der Waals surface area contributed by atoms with Gasteiger partial charge in [0, 0.05) is 29.3 Å². The van der Waals surface area contributed by atoms with Crippen molar-refractivity contribution in [1.29, 1.82) is 0 Å². The van der Waals surface area contributed by atoms with Crippen LogP contribution in [0.3, 0.4) is 0 Å². The predicted molar refractivity (Wildman–Crippen MR) is 83.9 cm³/mol. The third kappa shape index (κ3) is 2.95. The van der Waals surface area contributed by atoms with E-state index in [9.17, 15) is 0 Å². The zero-order chi connectivity index (χ0) is 14.2. The smallest absolute Gasteiger partial charge is 0.131 e. The first-order valence-corrected chi connectivity index (χ1v) is 7.26. The van der Waals surface area contributed by atoms with E-state index in [2.05, 4.69) is 52.3 Å². The molecule has 0 saturated heterocycles. The largest absolute Gasteiger partial charge is 0.381 e. The summed E-state index contributed by atoms with van der Waals surface area (Å²) in [4.78, 5) is 0. The van der Waals surface area contributed by atoms with Crippen molar-refractivity contribution < 1.29 is 0 Å². The third-order valence-corrected chi connectivity index (χ3v) is 4.90. The molecule has 1 aromatic carbocycles. The number of hydrogen-bond donors (Lipinski definition) is 1. The Morgan fingerprint density at radius 2 is 1.84 bits per heavy atom. The molecule has 0 aliphatic carbocycles. The van der Waals surface area contributed by atoms with Crippen LogP contribution < -0.4 is 5.32 Å². The molecule has 0 amide bonds. The molecule has 0 atom stereocenters. The summed E-state index contributed by atoms with van der Waals surface area (Å²) in [5, 5.41) is 8.41. The number of anilines is 1. The lowest BCUT2D eigenvalue weighted by atomic mass is 10.1. The fourth-order valence-electron chi connectivity index (χ4n) is 2.11. The summed E-state index contributed by atoms with van der Waals surface area (Å²) in [6.07, 6.45) is 0. The van der Waals surface area contributed by atoms with Crippen molar-refractivity contribution in [3.8, 4) is 0 Å². The van der Waals surface area contributed by atoms with Crippen LogP contribution in [0.25, 0.3) is 0 Å². The van der Waals surface area contributed by atoms with Gasteiger partial charge in [-0.3, -0.25) is 4.68 Å². The number of rotatable bonds is 3. The molecule has 2 rings (SSSR count). The molecule has 0 bridgehead atoms. The van der Waals surface area contributed by atoms with Gasteiger partial charge in [0.1, 0.15) is 5.15 Å². The molecule has 0 unspecified atom stereocenters. The van der Waals surface area contributed by atoms with Crippen molar-refractivity contribution in [3.05, 3.63) is 44.1 Å². The zero-order valence-electron chi connectivity index (χ0n) is 11.5. The average molecular weight is 343 g/mol. The van der Waals surface area contributed by atoms with Crippen LogP contribution in [0, 0.1) is 20.8 Å². The molecule has 0 aliphatic rings. The Morgan fingerprint density at radius 3 is 2.32 bits per heavy atom. The maximum absolute atomic E-state index is 6.22. The van der Waals surface area contributed by atoms with Crippen LogP contribution in [0.4, 0.5) is 5.69 Å². The highest BCUT2D eigenvalue weighted by Gasteiger charge is 2.11. The van der Waals surface area contributed by atoms with Gasteiger partial charge in [-0.1, -0.05) is 27.5 Å². The maximum atomic E-state index is 6.22. The summed E-state index contributed by atoms with van der Waals surface area (Å²) in [6.45, 7) is 6.83. The third-order valence-electron chi connectivity index (χ3n) is 3.18. The van der Waals surface area contributed by atoms with E-state index >= 15 is 0 Å². The summed E-state index contributed by atoms with van der Waals surface area (Å²) >= 11 is 9.79. The van der Waals surface area contributed by atoms with Gasteiger partial charge in [0.2, 0.25) is 0 Å². The van der Waals surface area contributed by atoms with Gasteiger partial charge in [-0.2, -0.15) is 5.10 Å². The molecule has 0 fully saturated rings. The molecule has 3 nitrogen and oxygen atoms in total. The van der Waals surface area contributed by atoms with Crippen molar-refractivity contribution in [2.45, 2.75) is 27.3 Å². The standard InChI is InChI=1S/C14H17BrClN3/c1-8-5-11(6-9(2)13(8)15)17-7-12-10(3)18-19(4)14(12)16/h5-6,17H,7H2,1-4H3. The van der Waals surface area contributed by atoms with E-state index < -0.39 is 0 Å². The summed E-state index contributed by atoms with van der Waals surface area (Å²) < 4.78 is 2.86. The van der Waals surface area contributed by atoms with Gasteiger partial charge in [0.15, 0.2) is 0 Å². The fourth-order valence-corrected chi connectivity index (χ4v) is 2.58. The first-order chi connectivity index (χ1) is 8.90. The van der Waals surface area contributed by atoms with Gasteiger partial charge in [-0.15, -0.1) is 0 Å². The predicted octanol–water partition coefficient (Wildman–Crippen LogP) is 4.37. The topological polar surface area (TPSA) is 29.9 Å². The monoisotopic (exact) mass is 341 g/mol. The van der Waals surface area contributed by atoms with Crippen LogP contribution in [0.1, 0.15) is 22.4 Å². The van der Waals surface area contributed by atoms with Crippen LogP contribution in [-0.4, -0.2) is 9.78 Å². The highest BCUT2D eigenvalue weighted by atomic mass is 79.9. The number of aryl methyl sites for hydroxylation is 4. The minimum atomic E-state index is 0.680. The second-order valence-electron chi connectivity index (χ2n) is 4.76. The minimum Gasteiger partial charge on any atom is -0.381 e. The Bertz CT molecular complexity index is 596. The number of halogens is 2. The van der Waals surface area contributed by atoms with E-state index in [-0.39, 0.29) is 0 Å². The van der Waals surface area contributed by atoms with E-state index in [1.165, 1.54) is 11.1 Å². The number of nitrogens with one attached hydrogen (secondary N) is 1. The molecule has 5 heteroatoms. The normalized spacial score (nSPS) is 10.8. The van der Waals surface area contributed by atoms with E-state index in [0.717, 1.165) is 21.4 Å². The van der Waals surface area contributed by atoms with Crippen molar-refractivity contribution >= 4 is 33.2 Å². The number of benzene rings is 1. The average Bonchev–Trinajstić information content (AvgIpc) is 2.58. The number of hydrogen-bond acceptors (Lipinski definition) is 2. The minimum absolute atomic E-state index is 0.680. The molecule has 0 aliphatic heterocycles. The highest BCUT2D eigenvalue weighted by molar-refractivity contribution is 9.10. The lowest BCUT2D eigenvalue weighted by Gasteiger charge is -2.10. The van der Waals surface area contributed by atoms with E-state index in [1.54, 1.807) is 4.68 Å². The summed E-state index contributed by atoms with van der Waals surface area (Å²) in [5.74, 6) is 0. The summed E-state index contributed by atoms with van der Waals surface area (Å²) in [5.41, 5.74) is 5.54. The highest BCUT2D eigenvalue weighted by Crippen LogP contribution is 2.26. The molecular formula is C14H17BrClN3. The van der Waals surface area contributed by atoms with Gasteiger partial charge in [0.05, 0.1) is 5.69 Å². The van der Waals surface area contributed by atoms with Gasteiger partial charge in [0.25, 0.3) is 0 Å². The molecule has 0 spiro atoms. The van der Waals surface area contributed by atoms with Gasteiger partial charge < -0.3 is 5.32 Å². The SMILES string of the molecule is Cc1cc(NCc2c(C)nn(C)c2Cl)cc(C)c1Br. The van der Waals surface area contributed by atoms with Crippen LogP contribution >= 0.6 is 27.5 Å². The van der Waals surface area contributed by atoms with Gasteiger partial charge in [-0.25, -0.2) is 0 Å². The van der Waals surface area contributed by atoms with Crippen molar-refractivity contribution in [2.24, 2.45) is 7.05 Å². The molecular weight excluding hydrogens is 326 g/mol. The maximum Gasteiger partial charge on any atom is 0.131 e. The summed E-state index contributed by atoms with van der Waals surface area (Å²) in [6, 6.07) is 4.24. The first-order valence-electron chi connectivity index (χ1n) is 6.08. The molecule has 0 saturated carbocycles. The number of aromatic nitrogens is 2. The Hall–Kier alpha value is -1.000. The lowest BCUT2D eigenvalue weighted by molar-refractivity contribution is 0.757. The Labute approximate surface area is 127 Å². The molecule has 1 heterocycles. The van der Waals surface area contributed by atoms with Crippen LogP contribution in [0.5, 0.6) is 0 Å². The van der Waals surface area contributed by atoms with Crippen LogP contribution in [0.2, 0.25) is 5.15 Å². The van der Waals surface area contributed by atoms with Crippen molar-refractivity contribution in [1.82, 2.24) is 9.78 Å². The Kier molecular flexibility index (Phi) is 4.21. The summed E-state index contributed by atoms with van der Waals surface area (Å²) in [7, 11) is 1.85. The second-order valence-corrected chi connectivity index (χ2v) is 5.91. The first kappa shape index (κ1) is 14.4. The second kappa shape index (κ2) is 5.55. The molecule has 1 N–H and O–H groups in total. The molecule has 19 heavy (non-hydrogen) atoms. The Balaban J connectivity index is 2.19. The van der Waals surface area contributed by atoms with Crippen molar-refractivity contribution in [2.75, 3.05) is 5.32 Å². The van der Waals surface area contributed by atoms with Crippen LogP contribution in [-0.2, 0) is 13.6 Å². The van der Waals surface area contributed by atoms with E-state index in [1.807, 2.05) is 14.0 Å². The van der Waals surface area contributed by atoms with E-state index in [4.69, 9.17) is 11.6 Å². The molecule has 2 aromatic rings. The van der Waals surface area contributed by atoms with Gasteiger partial charge >= 0.3 is 0 Å². The van der Waals surface area contributed by atoms with Crippen molar-refractivity contribution in [3.63, 3.8) is 0 Å². The lowest BCUT2D eigenvalue weighted by Crippen LogP contribution is -2.01. The Morgan fingerprint density at radius 1 is 1.26 bits per heavy atom.